The molecular weight excluding hydrogens is 324 g/mol. The lowest BCUT2D eigenvalue weighted by molar-refractivity contribution is -0.125. The van der Waals surface area contributed by atoms with Gasteiger partial charge in [-0.25, -0.2) is 4.98 Å². The van der Waals surface area contributed by atoms with Crippen LogP contribution in [0.3, 0.4) is 0 Å². The van der Waals surface area contributed by atoms with Gasteiger partial charge in [-0.1, -0.05) is 19.9 Å². The van der Waals surface area contributed by atoms with Crippen molar-refractivity contribution < 1.29 is 4.79 Å². The molecule has 1 fully saturated rings. The Morgan fingerprint density at radius 2 is 1.92 bits per heavy atom. The van der Waals surface area contributed by atoms with Crippen LogP contribution in [0.15, 0.2) is 48.7 Å². The molecule has 0 bridgehead atoms. The molecule has 132 valence electrons. The van der Waals surface area contributed by atoms with E-state index < -0.39 is 5.41 Å². The van der Waals surface area contributed by atoms with Crippen molar-refractivity contribution in [1.29, 1.82) is 0 Å². The Hall–Kier alpha value is -2.82. The van der Waals surface area contributed by atoms with Crippen LogP contribution >= 0.6 is 0 Å². The maximum absolute atomic E-state index is 13.2. The molecule has 2 aliphatic rings. The van der Waals surface area contributed by atoms with E-state index in [0.717, 1.165) is 34.5 Å². The molecule has 0 spiro atoms. The van der Waals surface area contributed by atoms with Crippen molar-refractivity contribution in [1.82, 2.24) is 15.0 Å². The van der Waals surface area contributed by atoms with Crippen LogP contribution in [-0.2, 0) is 4.79 Å². The highest BCUT2D eigenvalue weighted by Crippen LogP contribution is 2.49. The fourth-order valence-electron chi connectivity index (χ4n) is 3.78. The van der Waals surface area contributed by atoms with Gasteiger partial charge in [0.05, 0.1) is 23.5 Å². The van der Waals surface area contributed by atoms with E-state index >= 15 is 0 Å². The minimum Gasteiger partial charge on any atom is -0.273 e. The van der Waals surface area contributed by atoms with E-state index in [9.17, 15) is 4.79 Å². The summed E-state index contributed by atoms with van der Waals surface area (Å²) in [5, 5.41) is 0. The van der Waals surface area contributed by atoms with Gasteiger partial charge in [-0.15, -0.1) is 0 Å². The van der Waals surface area contributed by atoms with Gasteiger partial charge in [-0.05, 0) is 49.1 Å². The quantitative estimate of drug-likeness (QED) is 0.829. The molecule has 4 rings (SSSR count). The number of fused-ring (bicyclic) bond motifs is 1. The predicted octanol–water partition coefficient (Wildman–Crippen LogP) is 3.85. The highest BCUT2D eigenvalue weighted by Gasteiger charge is 2.51. The summed E-state index contributed by atoms with van der Waals surface area (Å²) >= 11 is 0. The van der Waals surface area contributed by atoms with Crippen molar-refractivity contribution in [3.8, 4) is 0 Å². The monoisotopic (exact) mass is 346 g/mol. The fraction of sp³-hybridized carbons (Fsp3) is 0.333. The molecule has 2 aromatic rings. The first-order chi connectivity index (χ1) is 12.4. The number of aromatic nitrogens is 3. The summed E-state index contributed by atoms with van der Waals surface area (Å²) in [5.74, 6) is 0.801. The Bertz CT molecular complexity index is 941. The highest BCUT2D eigenvalue weighted by atomic mass is 16.2. The lowest BCUT2D eigenvalue weighted by Crippen LogP contribution is -2.31. The van der Waals surface area contributed by atoms with Crippen LogP contribution in [-0.4, -0.2) is 20.9 Å². The van der Waals surface area contributed by atoms with Gasteiger partial charge in [-0.2, -0.15) is 0 Å². The average molecular weight is 346 g/mol. The number of allylic oxidation sites excluding steroid dienone is 4. The van der Waals surface area contributed by atoms with E-state index in [-0.39, 0.29) is 11.8 Å². The predicted molar refractivity (Wildman–Crippen MR) is 101 cm³/mol. The molecule has 3 heterocycles. The Morgan fingerprint density at radius 1 is 1.12 bits per heavy atom. The number of rotatable bonds is 2. The number of nitrogens with zero attached hydrogens (tertiary/aromatic N) is 4. The molecule has 1 aliphatic heterocycles. The molecule has 1 aliphatic carbocycles. The minimum atomic E-state index is -0.467. The Balaban J connectivity index is 1.81. The normalized spacial score (nSPS) is 21.3. The zero-order valence-corrected chi connectivity index (χ0v) is 15.5. The van der Waals surface area contributed by atoms with Crippen LogP contribution in [0.25, 0.3) is 5.57 Å². The second-order valence-corrected chi connectivity index (χ2v) is 7.65. The van der Waals surface area contributed by atoms with Crippen LogP contribution in [0.2, 0.25) is 0 Å². The molecule has 5 heteroatoms. The lowest BCUT2D eigenvalue weighted by Gasteiger charge is -2.26. The summed E-state index contributed by atoms with van der Waals surface area (Å²) in [6, 6.07) is 2.12. The number of carbonyl (C=O) groups is 1. The number of hydrogen-bond donors (Lipinski definition) is 0. The molecule has 1 unspecified atom stereocenters. The number of carbonyl (C=O) groups excluding carboxylic acids is 1. The number of hydrogen-bond acceptors (Lipinski definition) is 4. The van der Waals surface area contributed by atoms with Gasteiger partial charge >= 0.3 is 0 Å². The Kier molecular flexibility index (Phi) is 3.75. The maximum Gasteiger partial charge on any atom is 0.238 e. The summed E-state index contributed by atoms with van der Waals surface area (Å²) in [6.45, 7) is 7.96. The van der Waals surface area contributed by atoms with Crippen molar-refractivity contribution in [2.75, 3.05) is 4.90 Å². The van der Waals surface area contributed by atoms with Gasteiger partial charge in [-0.3, -0.25) is 19.7 Å². The molecule has 1 saturated heterocycles. The van der Waals surface area contributed by atoms with Crippen molar-refractivity contribution in [3.63, 3.8) is 0 Å². The number of pyridine rings is 1. The summed E-state index contributed by atoms with van der Waals surface area (Å²) < 4.78 is 0. The topological polar surface area (TPSA) is 59.0 Å². The second kappa shape index (κ2) is 5.87. The van der Waals surface area contributed by atoms with Crippen LogP contribution < -0.4 is 4.90 Å². The van der Waals surface area contributed by atoms with Crippen molar-refractivity contribution >= 4 is 17.3 Å². The van der Waals surface area contributed by atoms with E-state index in [4.69, 9.17) is 0 Å². The average Bonchev–Trinajstić information content (AvgIpc) is 2.82. The third kappa shape index (κ3) is 2.55. The zero-order chi connectivity index (χ0) is 18.5. The maximum atomic E-state index is 13.2. The smallest absolute Gasteiger partial charge is 0.238 e. The van der Waals surface area contributed by atoms with Crippen LogP contribution in [0.4, 0.5) is 5.82 Å². The molecule has 1 atom stereocenters. The zero-order valence-electron chi connectivity index (χ0n) is 15.5. The van der Waals surface area contributed by atoms with Gasteiger partial charge in [0.25, 0.3) is 0 Å². The molecule has 2 aromatic heterocycles. The first-order valence-electron chi connectivity index (χ1n) is 8.85. The Labute approximate surface area is 153 Å². The minimum absolute atomic E-state index is 0.0731. The molecule has 5 nitrogen and oxygen atoms in total. The third-order valence-electron chi connectivity index (χ3n) is 5.32. The van der Waals surface area contributed by atoms with Gasteiger partial charge < -0.3 is 0 Å². The summed E-state index contributed by atoms with van der Waals surface area (Å²) in [5.41, 5.74) is 4.65. The van der Waals surface area contributed by atoms with Crippen molar-refractivity contribution in [3.05, 3.63) is 65.5 Å². The number of amides is 1. The fourth-order valence-corrected chi connectivity index (χ4v) is 3.78. The van der Waals surface area contributed by atoms with Gasteiger partial charge in [0.2, 0.25) is 5.91 Å². The van der Waals surface area contributed by atoms with Crippen molar-refractivity contribution in [2.24, 2.45) is 11.3 Å². The molecule has 1 amide bonds. The van der Waals surface area contributed by atoms with Crippen LogP contribution in [0.1, 0.15) is 37.1 Å². The van der Waals surface area contributed by atoms with E-state index in [1.807, 2.05) is 40.1 Å². The first kappa shape index (κ1) is 16.6. The van der Waals surface area contributed by atoms with E-state index in [1.165, 1.54) is 0 Å². The highest BCUT2D eigenvalue weighted by molar-refractivity contribution is 6.04. The van der Waals surface area contributed by atoms with E-state index in [0.29, 0.717) is 5.82 Å². The molecular formula is C21H22N4O. The SMILES string of the molecule is Cc1cncc(C2=CCC3C(=C2)N(c2cnc(C)cn2)C(=O)C3(C)C)c1. The van der Waals surface area contributed by atoms with E-state index in [2.05, 4.69) is 33.2 Å². The summed E-state index contributed by atoms with van der Waals surface area (Å²) in [6.07, 6.45) is 12.2. The van der Waals surface area contributed by atoms with Gasteiger partial charge in [0, 0.05) is 24.0 Å². The van der Waals surface area contributed by atoms with Gasteiger partial charge in [0.1, 0.15) is 0 Å². The Morgan fingerprint density at radius 3 is 2.62 bits per heavy atom. The van der Waals surface area contributed by atoms with Crippen LogP contribution in [0, 0.1) is 25.2 Å². The second-order valence-electron chi connectivity index (χ2n) is 7.65. The number of aryl methyl sites for hydroxylation is 2. The molecule has 26 heavy (non-hydrogen) atoms. The molecule has 0 aromatic carbocycles. The van der Waals surface area contributed by atoms with Crippen molar-refractivity contribution in [2.45, 2.75) is 34.1 Å². The molecule has 0 saturated carbocycles. The first-order valence-corrected chi connectivity index (χ1v) is 8.85. The largest absolute Gasteiger partial charge is 0.273 e. The summed E-state index contributed by atoms with van der Waals surface area (Å²) in [7, 11) is 0. The molecule has 0 radical (unpaired) electrons. The third-order valence-corrected chi connectivity index (χ3v) is 5.32. The molecule has 0 N–H and O–H groups in total. The number of anilines is 1. The van der Waals surface area contributed by atoms with Gasteiger partial charge in [0.15, 0.2) is 5.82 Å². The standard InChI is InChI=1S/C21H22N4O/c1-13-7-16(11-22-9-13)15-5-6-17-18(8-15)25(20(26)21(17,3)4)19-12-23-14(2)10-24-19/h5,7-12,17H,6H2,1-4H3. The summed E-state index contributed by atoms with van der Waals surface area (Å²) in [4.78, 5) is 28.0. The lowest BCUT2D eigenvalue weighted by atomic mass is 9.75. The van der Waals surface area contributed by atoms with E-state index in [1.54, 1.807) is 17.3 Å². The van der Waals surface area contributed by atoms with Crippen LogP contribution in [0.5, 0.6) is 0 Å².